The summed E-state index contributed by atoms with van der Waals surface area (Å²) in [5, 5.41) is 9.46. The number of anilines is 1. The molecule has 1 aliphatic rings. The number of benzene rings is 2. The molecule has 0 unspecified atom stereocenters. The van der Waals surface area contributed by atoms with E-state index >= 15 is 0 Å². The number of guanidine groups is 1. The minimum Gasteiger partial charge on any atom is -0.496 e. The lowest BCUT2D eigenvalue weighted by Gasteiger charge is -2.18. The van der Waals surface area contributed by atoms with Gasteiger partial charge in [-0.2, -0.15) is 0 Å². The average Bonchev–Trinajstić information content (AvgIpc) is 2.77. The van der Waals surface area contributed by atoms with Gasteiger partial charge in [-0.25, -0.2) is 0 Å². The van der Waals surface area contributed by atoms with Crippen molar-refractivity contribution >= 4 is 17.6 Å². The Morgan fingerprint density at radius 2 is 2.03 bits per heavy atom. The lowest BCUT2D eigenvalue weighted by atomic mass is 10.0. The number of rotatable bonds is 9. The van der Waals surface area contributed by atoms with Crippen LogP contribution in [-0.4, -0.2) is 45.2 Å². The van der Waals surface area contributed by atoms with Crippen LogP contribution in [0, 0.1) is 6.92 Å². The van der Waals surface area contributed by atoms with Gasteiger partial charge in [0, 0.05) is 25.2 Å². The van der Waals surface area contributed by atoms with Gasteiger partial charge in [0.15, 0.2) is 5.96 Å². The van der Waals surface area contributed by atoms with Crippen molar-refractivity contribution in [2.75, 3.05) is 38.7 Å². The van der Waals surface area contributed by atoms with E-state index in [1.54, 1.807) is 7.11 Å². The van der Waals surface area contributed by atoms with Crippen molar-refractivity contribution in [2.45, 2.75) is 33.1 Å². The minimum absolute atomic E-state index is 0.0708. The SMILES string of the molecule is CCNC(=NCCc1cc(C)ccc1OC)NCCOc1ccc2c(c1)CCC(=O)N2. The monoisotopic (exact) mass is 424 g/mol. The fraction of sp³-hybridized carbons (Fsp3) is 0.417. The second kappa shape index (κ2) is 11.2. The molecule has 7 heteroatoms. The summed E-state index contributed by atoms with van der Waals surface area (Å²) in [6.07, 6.45) is 2.08. The van der Waals surface area contributed by atoms with Crippen LogP contribution in [-0.2, 0) is 17.6 Å². The Bertz CT molecular complexity index is 927. The summed E-state index contributed by atoms with van der Waals surface area (Å²) in [7, 11) is 1.70. The first-order chi connectivity index (χ1) is 15.1. The summed E-state index contributed by atoms with van der Waals surface area (Å²) in [4.78, 5) is 16.1. The van der Waals surface area contributed by atoms with Gasteiger partial charge < -0.3 is 25.4 Å². The van der Waals surface area contributed by atoms with E-state index in [1.165, 1.54) is 5.56 Å². The largest absolute Gasteiger partial charge is 0.496 e. The van der Waals surface area contributed by atoms with Crippen LogP contribution in [0.15, 0.2) is 41.4 Å². The maximum absolute atomic E-state index is 11.5. The highest BCUT2D eigenvalue weighted by molar-refractivity contribution is 5.94. The van der Waals surface area contributed by atoms with Gasteiger partial charge in [0.05, 0.1) is 13.7 Å². The number of aryl methyl sites for hydroxylation is 2. The Hall–Kier alpha value is -3.22. The number of carbonyl (C=O) groups excluding carboxylic acids is 1. The Labute approximate surface area is 184 Å². The lowest BCUT2D eigenvalue weighted by molar-refractivity contribution is -0.116. The molecule has 3 N–H and O–H groups in total. The highest BCUT2D eigenvalue weighted by Gasteiger charge is 2.15. The van der Waals surface area contributed by atoms with Crippen LogP contribution in [0.2, 0.25) is 0 Å². The quantitative estimate of drug-likeness (QED) is 0.327. The standard InChI is InChI=1S/C24H32N4O3/c1-4-25-24(26-12-11-19-15-17(2)5-9-22(19)30-3)27-13-14-31-20-7-8-21-18(16-20)6-10-23(29)28-21/h5,7-9,15-16H,4,6,10-14H2,1-3H3,(H,28,29)(H2,25,26,27). The molecule has 1 amide bonds. The molecule has 2 aromatic carbocycles. The van der Waals surface area contributed by atoms with Crippen molar-refractivity contribution in [1.29, 1.82) is 0 Å². The van der Waals surface area contributed by atoms with Gasteiger partial charge in [0.25, 0.3) is 0 Å². The minimum atomic E-state index is 0.0708. The third kappa shape index (κ3) is 6.64. The Morgan fingerprint density at radius 3 is 2.84 bits per heavy atom. The molecule has 166 valence electrons. The van der Waals surface area contributed by atoms with E-state index in [0.717, 1.165) is 53.7 Å². The summed E-state index contributed by atoms with van der Waals surface area (Å²) in [6.45, 7) is 6.72. The Morgan fingerprint density at radius 1 is 1.16 bits per heavy atom. The molecule has 0 bridgehead atoms. The molecule has 31 heavy (non-hydrogen) atoms. The first kappa shape index (κ1) is 22.5. The van der Waals surface area contributed by atoms with Crippen molar-refractivity contribution < 1.29 is 14.3 Å². The normalized spacial score (nSPS) is 13.3. The first-order valence-electron chi connectivity index (χ1n) is 10.8. The molecule has 1 heterocycles. The first-order valence-corrected chi connectivity index (χ1v) is 10.8. The van der Waals surface area contributed by atoms with Crippen LogP contribution in [0.3, 0.4) is 0 Å². The molecule has 1 aliphatic heterocycles. The molecule has 0 radical (unpaired) electrons. The number of aliphatic imine (C=N–C) groups is 1. The highest BCUT2D eigenvalue weighted by atomic mass is 16.5. The molecular weight excluding hydrogens is 392 g/mol. The van der Waals surface area contributed by atoms with E-state index in [4.69, 9.17) is 9.47 Å². The van der Waals surface area contributed by atoms with Gasteiger partial charge in [0.2, 0.25) is 5.91 Å². The Kier molecular flexibility index (Phi) is 8.15. The Balaban J connectivity index is 1.47. The number of nitrogens with zero attached hydrogens (tertiary/aromatic N) is 1. The van der Waals surface area contributed by atoms with E-state index in [1.807, 2.05) is 31.2 Å². The van der Waals surface area contributed by atoms with Gasteiger partial charge in [-0.05, 0) is 62.1 Å². The third-order valence-electron chi connectivity index (χ3n) is 5.07. The molecule has 7 nitrogen and oxygen atoms in total. The van der Waals surface area contributed by atoms with E-state index in [0.29, 0.717) is 26.1 Å². The summed E-state index contributed by atoms with van der Waals surface area (Å²) >= 11 is 0. The van der Waals surface area contributed by atoms with Crippen molar-refractivity contribution in [1.82, 2.24) is 10.6 Å². The molecule has 0 atom stereocenters. The van der Waals surface area contributed by atoms with Crippen molar-refractivity contribution in [3.05, 3.63) is 53.1 Å². The molecule has 0 aromatic heterocycles. The smallest absolute Gasteiger partial charge is 0.224 e. The van der Waals surface area contributed by atoms with Gasteiger partial charge in [-0.15, -0.1) is 0 Å². The maximum Gasteiger partial charge on any atom is 0.224 e. The molecule has 2 aromatic rings. The zero-order valence-corrected chi connectivity index (χ0v) is 18.6. The summed E-state index contributed by atoms with van der Waals surface area (Å²) in [5.74, 6) is 2.55. The van der Waals surface area contributed by atoms with E-state index in [9.17, 15) is 4.79 Å². The molecule has 3 rings (SSSR count). The summed E-state index contributed by atoms with van der Waals surface area (Å²) in [5.41, 5.74) is 4.38. The van der Waals surface area contributed by atoms with Gasteiger partial charge in [0.1, 0.15) is 18.1 Å². The molecular formula is C24H32N4O3. The van der Waals surface area contributed by atoms with Crippen molar-refractivity contribution in [2.24, 2.45) is 4.99 Å². The van der Waals surface area contributed by atoms with Gasteiger partial charge >= 0.3 is 0 Å². The number of ether oxygens (including phenoxy) is 2. The predicted octanol–water partition coefficient (Wildman–Crippen LogP) is 3.06. The van der Waals surface area contributed by atoms with Crippen molar-refractivity contribution in [3.8, 4) is 11.5 Å². The van der Waals surface area contributed by atoms with Crippen LogP contribution in [0.4, 0.5) is 5.69 Å². The molecule has 0 saturated heterocycles. The summed E-state index contributed by atoms with van der Waals surface area (Å²) < 4.78 is 11.3. The molecule has 0 fully saturated rings. The number of fused-ring (bicyclic) bond motifs is 1. The zero-order valence-electron chi connectivity index (χ0n) is 18.6. The predicted molar refractivity (Wildman–Crippen MR) is 124 cm³/mol. The molecule has 0 spiro atoms. The number of amides is 1. The van der Waals surface area contributed by atoms with Gasteiger partial charge in [-0.3, -0.25) is 9.79 Å². The number of hydrogen-bond donors (Lipinski definition) is 3. The van der Waals surface area contributed by atoms with Crippen LogP contribution < -0.4 is 25.4 Å². The molecule has 0 saturated carbocycles. The van der Waals surface area contributed by atoms with Gasteiger partial charge in [-0.1, -0.05) is 17.7 Å². The second-order valence-corrected chi connectivity index (χ2v) is 7.47. The second-order valence-electron chi connectivity index (χ2n) is 7.47. The average molecular weight is 425 g/mol. The lowest BCUT2D eigenvalue weighted by Crippen LogP contribution is -2.39. The molecule has 0 aliphatic carbocycles. The fourth-order valence-corrected chi connectivity index (χ4v) is 3.52. The summed E-state index contributed by atoms with van der Waals surface area (Å²) in [6, 6.07) is 12.0. The van der Waals surface area contributed by atoms with E-state index in [-0.39, 0.29) is 5.91 Å². The number of nitrogens with one attached hydrogen (secondary N) is 3. The van der Waals surface area contributed by atoms with E-state index < -0.39 is 0 Å². The fourth-order valence-electron chi connectivity index (χ4n) is 3.52. The van der Waals surface area contributed by atoms with Crippen LogP contribution >= 0.6 is 0 Å². The zero-order chi connectivity index (χ0) is 22.1. The number of carbonyl (C=O) groups is 1. The maximum atomic E-state index is 11.5. The number of methoxy groups -OCH3 is 1. The number of hydrogen-bond acceptors (Lipinski definition) is 4. The van der Waals surface area contributed by atoms with Crippen molar-refractivity contribution in [3.63, 3.8) is 0 Å². The van der Waals surface area contributed by atoms with E-state index in [2.05, 4.69) is 40.0 Å². The topological polar surface area (TPSA) is 84.0 Å². The van der Waals surface area contributed by atoms with Crippen LogP contribution in [0.1, 0.15) is 30.0 Å². The van der Waals surface area contributed by atoms with Crippen LogP contribution in [0.25, 0.3) is 0 Å². The van der Waals surface area contributed by atoms with Crippen LogP contribution in [0.5, 0.6) is 11.5 Å². The third-order valence-corrected chi connectivity index (χ3v) is 5.07. The highest BCUT2D eigenvalue weighted by Crippen LogP contribution is 2.26.